The highest BCUT2D eigenvalue weighted by Crippen LogP contribution is 2.46. The number of aliphatic imine (C=N–C) groups is 1. The van der Waals surface area contributed by atoms with Crippen molar-refractivity contribution in [1.82, 2.24) is 19.4 Å². The third-order valence-electron chi connectivity index (χ3n) is 8.25. The van der Waals surface area contributed by atoms with Crippen molar-refractivity contribution in [2.24, 2.45) is 4.99 Å². The standard InChI is InChI=1S/C32H36Cl3N5O6S2/c1-4-46-27-20-26(35)28(48(44,45)36-2)19-25(27)31-37-29(21-5-9-23(33)10-6-21)30(22-7-11-24(34)12-8-22)40(31)32(41)39-15-13-38(14-16-39)17-18-47(3,42)43/h5-12,19-20,29-30,36H,4,13-18H2,1-3H3. The van der Waals surface area contributed by atoms with Crippen molar-refractivity contribution in [1.29, 1.82) is 0 Å². The number of nitrogens with one attached hydrogen (secondary N) is 1. The van der Waals surface area contributed by atoms with E-state index in [4.69, 9.17) is 44.5 Å². The molecule has 0 aliphatic carbocycles. The zero-order valence-corrected chi connectivity index (χ0v) is 30.5. The number of rotatable bonds is 10. The van der Waals surface area contributed by atoms with E-state index in [9.17, 15) is 21.6 Å². The Hall–Kier alpha value is -2.91. The van der Waals surface area contributed by atoms with Crippen LogP contribution in [0.5, 0.6) is 5.75 Å². The van der Waals surface area contributed by atoms with Gasteiger partial charge in [0.15, 0.2) is 0 Å². The van der Waals surface area contributed by atoms with Gasteiger partial charge in [-0.05, 0) is 55.4 Å². The number of carbonyl (C=O) groups excluding carboxylic acids is 1. The van der Waals surface area contributed by atoms with Gasteiger partial charge in [-0.2, -0.15) is 0 Å². The molecule has 0 spiro atoms. The normalized spacial score (nSPS) is 19.0. The predicted octanol–water partition coefficient (Wildman–Crippen LogP) is 5.28. The van der Waals surface area contributed by atoms with Gasteiger partial charge in [0.1, 0.15) is 32.4 Å². The first kappa shape index (κ1) is 36.4. The molecule has 5 rings (SSSR count). The summed E-state index contributed by atoms with van der Waals surface area (Å²) in [4.78, 5) is 25.0. The molecule has 2 atom stereocenters. The molecule has 48 heavy (non-hydrogen) atoms. The number of benzene rings is 3. The average molecular weight is 757 g/mol. The monoisotopic (exact) mass is 755 g/mol. The van der Waals surface area contributed by atoms with Crippen LogP contribution in [0.4, 0.5) is 4.79 Å². The van der Waals surface area contributed by atoms with E-state index in [0.29, 0.717) is 42.8 Å². The van der Waals surface area contributed by atoms with Gasteiger partial charge >= 0.3 is 6.03 Å². The fourth-order valence-corrected chi connectivity index (χ4v) is 7.87. The lowest BCUT2D eigenvalue weighted by Crippen LogP contribution is -2.54. The van der Waals surface area contributed by atoms with Crippen molar-refractivity contribution in [2.45, 2.75) is 23.9 Å². The number of carbonyl (C=O) groups is 1. The van der Waals surface area contributed by atoms with E-state index < -0.39 is 31.9 Å². The highest BCUT2D eigenvalue weighted by Gasteiger charge is 2.45. The van der Waals surface area contributed by atoms with Crippen molar-refractivity contribution in [2.75, 3.05) is 58.4 Å². The number of sulfone groups is 1. The molecule has 1 fully saturated rings. The van der Waals surface area contributed by atoms with Crippen LogP contribution in [0, 0.1) is 0 Å². The van der Waals surface area contributed by atoms with Crippen molar-refractivity contribution in [3.05, 3.63) is 92.4 Å². The molecule has 0 aromatic heterocycles. The van der Waals surface area contributed by atoms with Crippen LogP contribution in [-0.2, 0) is 19.9 Å². The van der Waals surface area contributed by atoms with E-state index in [1.54, 1.807) is 41.0 Å². The van der Waals surface area contributed by atoms with E-state index in [1.807, 2.05) is 29.2 Å². The fourth-order valence-electron chi connectivity index (χ4n) is 5.77. The van der Waals surface area contributed by atoms with E-state index in [1.165, 1.54) is 25.4 Å². The molecule has 2 aliphatic rings. The summed E-state index contributed by atoms with van der Waals surface area (Å²) in [5.74, 6) is 0.485. The summed E-state index contributed by atoms with van der Waals surface area (Å²) in [6.07, 6.45) is 1.20. The van der Waals surface area contributed by atoms with Gasteiger partial charge in [0.25, 0.3) is 0 Å². The molecular formula is C32H36Cl3N5O6S2. The molecule has 0 radical (unpaired) electrons. The molecule has 1 N–H and O–H groups in total. The molecule has 3 aromatic rings. The molecule has 258 valence electrons. The van der Waals surface area contributed by atoms with Crippen LogP contribution in [0.15, 0.2) is 70.6 Å². The smallest absolute Gasteiger partial charge is 0.326 e. The first-order chi connectivity index (χ1) is 22.7. The number of urea groups is 1. The van der Waals surface area contributed by atoms with Gasteiger partial charge in [-0.15, -0.1) is 0 Å². The van der Waals surface area contributed by atoms with E-state index in [2.05, 4.69) is 4.72 Å². The quantitative estimate of drug-likeness (QED) is 0.298. The fraction of sp³-hybridized carbons (Fsp3) is 0.375. The van der Waals surface area contributed by atoms with Gasteiger partial charge in [-0.3, -0.25) is 14.8 Å². The van der Waals surface area contributed by atoms with E-state index in [-0.39, 0.29) is 45.5 Å². The Morgan fingerprint density at radius 1 is 0.917 bits per heavy atom. The summed E-state index contributed by atoms with van der Waals surface area (Å²) in [5, 5.41) is 0.993. The second kappa shape index (κ2) is 14.9. The largest absolute Gasteiger partial charge is 0.493 e. The van der Waals surface area contributed by atoms with Gasteiger partial charge < -0.3 is 9.64 Å². The van der Waals surface area contributed by atoms with Crippen LogP contribution < -0.4 is 9.46 Å². The van der Waals surface area contributed by atoms with Crippen LogP contribution in [0.1, 0.15) is 35.7 Å². The SMILES string of the molecule is CCOc1cc(Cl)c(S(=O)(=O)NC)cc1C1=NC(c2ccc(Cl)cc2)C(c2ccc(Cl)cc2)N1C(=O)N1CCN(CCS(C)(=O)=O)CC1. The molecule has 2 amide bonds. The lowest BCUT2D eigenvalue weighted by Gasteiger charge is -2.39. The second-order valence-corrected chi connectivity index (χ2v) is 16.9. The van der Waals surface area contributed by atoms with Crippen molar-refractivity contribution in [3.63, 3.8) is 0 Å². The van der Waals surface area contributed by atoms with Gasteiger partial charge in [0.05, 0.1) is 29.0 Å². The highest BCUT2D eigenvalue weighted by atomic mass is 35.5. The average Bonchev–Trinajstić information content (AvgIpc) is 3.44. The van der Waals surface area contributed by atoms with Crippen LogP contribution in [0.3, 0.4) is 0 Å². The highest BCUT2D eigenvalue weighted by molar-refractivity contribution is 7.90. The van der Waals surface area contributed by atoms with Crippen LogP contribution in [-0.4, -0.2) is 102 Å². The zero-order valence-electron chi connectivity index (χ0n) is 26.6. The minimum atomic E-state index is -4.02. The van der Waals surface area contributed by atoms with Gasteiger partial charge in [0.2, 0.25) is 10.0 Å². The van der Waals surface area contributed by atoms with Gasteiger partial charge in [-0.1, -0.05) is 59.1 Å². The molecular weight excluding hydrogens is 721 g/mol. The molecule has 16 heteroatoms. The predicted molar refractivity (Wildman–Crippen MR) is 189 cm³/mol. The Balaban J connectivity index is 1.66. The Morgan fingerprint density at radius 3 is 2.04 bits per heavy atom. The number of nitrogens with zero attached hydrogens (tertiary/aromatic N) is 4. The summed E-state index contributed by atoms with van der Waals surface area (Å²) < 4.78 is 57.9. The molecule has 11 nitrogen and oxygen atoms in total. The number of amidine groups is 1. The maximum absolute atomic E-state index is 14.8. The molecule has 2 unspecified atom stereocenters. The molecule has 2 heterocycles. The minimum absolute atomic E-state index is 0.0277. The van der Waals surface area contributed by atoms with E-state index >= 15 is 0 Å². The first-order valence-corrected chi connectivity index (χ1v) is 19.9. The minimum Gasteiger partial charge on any atom is -0.493 e. The van der Waals surface area contributed by atoms with E-state index in [0.717, 1.165) is 11.1 Å². The van der Waals surface area contributed by atoms with Crippen molar-refractivity contribution in [3.8, 4) is 5.75 Å². The molecule has 0 bridgehead atoms. The molecule has 0 saturated carbocycles. The number of hydrogen-bond acceptors (Lipinski definition) is 8. The number of sulfonamides is 1. The maximum atomic E-state index is 14.8. The Labute approximate surface area is 296 Å². The zero-order chi connectivity index (χ0) is 34.8. The van der Waals surface area contributed by atoms with Crippen LogP contribution in [0.2, 0.25) is 15.1 Å². The lowest BCUT2D eigenvalue weighted by molar-refractivity contribution is 0.122. The summed E-state index contributed by atoms with van der Waals surface area (Å²) >= 11 is 19.0. The molecule has 2 aliphatic heterocycles. The lowest BCUT2D eigenvalue weighted by atomic mass is 9.93. The number of halogens is 3. The summed E-state index contributed by atoms with van der Waals surface area (Å²) in [6, 6.07) is 15.5. The third-order valence-corrected chi connectivity index (χ3v) is 11.6. The topological polar surface area (TPSA) is 129 Å². The van der Waals surface area contributed by atoms with Crippen LogP contribution in [0.25, 0.3) is 0 Å². The third kappa shape index (κ3) is 8.10. The van der Waals surface area contributed by atoms with Gasteiger partial charge in [-0.25, -0.2) is 26.4 Å². The van der Waals surface area contributed by atoms with Crippen LogP contribution >= 0.6 is 34.8 Å². The number of piperazine rings is 1. The number of hydrogen-bond donors (Lipinski definition) is 1. The summed E-state index contributed by atoms with van der Waals surface area (Å²) in [7, 11) is -5.87. The Kier molecular flexibility index (Phi) is 11.3. The molecule has 1 saturated heterocycles. The second-order valence-electron chi connectivity index (χ2n) is 11.5. The number of amides is 2. The van der Waals surface area contributed by atoms with Crippen molar-refractivity contribution >= 4 is 66.5 Å². The van der Waals surface area contributed by atoms with Gasteiger partial charge in [0, 0.05) is 55.1 Å². The first-order valence-electron chi connectivity index (χ1n) is 15.2. The number of ether oxygens (including phenoxy) is 1. The summed E-state index contributed by atoms with van der Waals surface area (Å²) in [6.45, 7) is 4.01. The molecule has 3 aromatic carbocycles. The van der Waals surface area contributed by atoms with Crippen molar-refractivity contribution < 1.29 is 26.4 Å². The Morgan fingerprint density at radius 2 is 1.50 bits per heavy atom. The Bertz CT molecular complexity index is 1900. The summed E-state index contributed by atoms with van der Waals surface area (Å²) in [5.41, 5.74) is 1.78. The maximum Gasteiger partial charge on any atom is 0.326 e.